The second-order valence-electron chi connectivity index (χ2n) is 4.44. The van der Waals surface area contributed by atoms with Crippen LogP contribution < -0.4 is 10.6 Å². The van der Waals surface area contributed by atoms with E-state index in [0.717, 1.165) is 30.8 Å². The summed E-state index contributed by atoms with van der Waals surface area (Å²) in [6.45, 7) is 5.97. The van der Waals surface area contributed by atoms with E-state index in [0.29, 0.717) is 31.2 Å². The molecule has 1 rings (SSSR count). The molecule has 19 heavy (non-hydrogen) atoms. The van der Waals surface area contributed by atoms with Crippen LogP contribution in [0.5, 0.6) is 0 Å². The molecule has 0 radical (unpaired) electrons. The van der Waals surface area contributed by atoms with Crippen LogP contribution in [0.2, 0.25) is 5.15 Å². The smallest absolute Gasteiger partial charge is 0.221 e. The Bertz CT molecular complexity index is 392. The number of imidazole rings is 1. The van der Waals surface area contributed by atoms with Gasteiger partial charge in [0, 0.05) is 32.5 Å². The number of rotatable bonds is 9. The van der Waals surface area contributed by atoms with Gasteiger partial charge in [0.1, 0.15) is 5.82 Å². The summed E-state index contributed by atoms with van der Waals surface area (Å²) in [5, 5.41) is 6.47. The molecule has 1 aromatic rings. The SMILES string of the molecule is CCCCc1nc(Cl)c(CNCCC(=O)NCC)[nH]1. The number of amides is 1. The number of nitrogens with one attached hydrogen (secondary N) is 3. The van der Waals surface area contributed by atoms with E-state index in [2.05, 4.69) is 27.5 Å². The zero-order chi connectivity index (χ0) is 14.1. The minimum atomic E-state index is 0.0642. The topological polar surface area (TPSA) is 69.8 Å². The highest BCUT2D eigenvalue weighted by atomic mass is 35.5. The van der Waals surface area contributed by atoms with Gasteiger partial charge in [-0.05, 0) is 13.3 Å². The Morgan fingerprint density at radius 1 is 1.42 bits per heavy atom. The summed E-state index contributed by atoms with van der Waals surface area (Å²) in [5.41, 5.74) is 0.892. The van der Waals surface area contributed by atoms with Crippen molar-refractivity contribution in [3.8, 4) is 0 Å². The fraction of sp³-hybridized carbons (Fsp3) is 0.692. The molecule has 6 heteroatoms. The van der Waals surface area contributed by atoms with Crippen LogP contribution in [0.3, 0.4) is 0 Å². The lowest BCUT2D eigenvalue weighted by atomic mass is 10.2. The summed E-state index contributed by atoms with van der Waals surface area (Å²) in [5.74, 6) is 1.00. The number of aromatic nitrogens is 2. The molecule has 1 amide bonds. The average Bonchev–Trinajstić information content (AvgIpc) is 2.73. The number of halogens is 1. The van der Waals surface area contributed by atoms with Crippen molar-refractivity contribution in [3.63, 3.8) is 0 Å². The minimum absolute atomic E-state index is 0.0642. The van der Waals surface area contributed by atoms with E-state index in [9.17, 15) is 4.79 Å². The summed E-state index contributed by atoms with van der Waals surface area (Å²) >= 11 is 6.05. The molecular weight excluding hydrogens is 264 g/mol. The van der Waals surface area contributed by atoms with Gasteiger partial charge in [-0.1, -0.05) is 24.9 Å². The van der Waals surface area contributed by atoms with Crippen molar-refractivity contribution in [2.24, 2.45) is 0 Å². The number of hydrogen-bond donors (Lipinski definition) is 3. The molecule has 0 aliphatic heterocycles. The highest BCUT2D eigenvalue weighted by molar-refractivity contribution is 6.30. The molecule has 0 spiro atoms. The van der Waals surface area contributed by atoms with Gasteiger partial charge in [-0.25, -0.2) is 4.98 Å². The van der Waals surface area contributed by atoms with E-state index in [1.165, 1.54) is 0 Å². The van der Waals surface area contributed by atoms with Crippen molar-refractivity contribution in [1.82, 2.24) is 20.6 Å². The maximum atomic E-state index is 11.2. The number of nitrogens with zero attached hydrogens (tertiary/aromatic N) is 1. The molecule has 0 unspecified atom stereocenters. The van der Waals surface area contributed by atoms with Gasteiger partial charge in [-0.2, -0.15) is 0 Å². The van der Waals surface area contributed by atoms with Crippen molar-refractivity contribution in [2.45, 2.75) is 46.1 Å². The number of hydrogen-bond acceptors (Lipinski definition) is 3. The highest BCUT2D eigenvalue weighted by Crippen LogP contribution is 2.13. The van der Waals surface area contributed by atoms with Crippen LogP contribution >= 0.6 is 11.6 Å². The van der Waals surface area contributed by atoms with Gasteiger partial charge in [-0.3, -0.25) is 4.79 Å². The molecule has 0 saturated heterocycles. The molecule has 0 aliphatic rings. The molecular formula is C13H23ClN4O. The molecule has 0 saturated carbocycles. The fourth-order valence-electron chi connectivity index (χ4n) is 1.72. The second-order valence-corrected chi connectivity index (χ2v) is 4.79. The summed E-state index contributed by atoms with van der Waals surface area (Å²) < 4.78 is 0. The Hall–Kier alpha value is -1.07. The highest BCUT2D eigenvalue weighted by Gasteiger charge is 2.07. The first kappa shape index (κ1) is 16.0. The van der Waals surface area contributed by atoms with Gasteiger partial charge >= 0.3 is 0 Å². The Morgan fingerprint density at radius 2 is 2.21 bits per heavy atom. The monoisotopic (exact) mass is 286 g/mol. The Morgan fingerprint density at radius 3 is 2.89 bits per heavy atom. The van der Waals surface area contributed by atoms with Gasteiger partial charge < -0.3 is 15.6 Å². The largest absolute Gasteiger partial charge is 0.356 e. The van der Waals surface area contributed by atoms with Crippen LogP contribution in [0.25, 0.3) is 0 Å². The summed E-state index contributed by atoms with van der Waals surface area (Å²) in [6.07, 6.45) is 3.64. The predicted molar refractivity (Wildman–Crippen MR) is 77.2 cm³/mol. The third-order valence-corrected chi connectivity index (χ3v) is 3.06. The number of aromatic amines is 1. The molecule has 108 valence electrons. The standard InChI is InChI=1S/C13H23ClN4O/c1-3-5-6-11-17-10(13(14)18-11)9-15-8-7-12(19)16-4-2/h15H,3-9H2,1-2H3,(H,16,19)(H,17,18). The molecule has 3 N–H and O–H groups in total. The molecule has 0 atom stereocenters. The maximum absolute atomic E-state index is 11.2. The van der Waals surface area contributed by atoms with E-state index in [1.54, 1.807) is 0 Å². The number of carbonyl (C=O) groups excluding carboxylic acids is 1. The average molecular weight is 287 g/mol. The lowest BCUT2D eigenvalue weighted by Gasteiger charge is -2.04. The molecule has 1 aromatic heterocycles. The van der Waals surface area contributed by atoms with Crippen LogP contribution in [0, 0.1) is 0 Å². The number of aryl methyl sites for hydroxylation is 1. The van der Waals surface area contributed by atoms with Gasteiger partial charge in [0.2, 0.25) is 5.91 Å². The van der Waals surface area contributed by atoms with Gasteiger partial charge in [0.25, 0.3) is 0 Å². The Kier molecular flexibility index (Phi) is 7.52. The van der Waals surface area contributed by atoms with Crippen molar-refractivity contribution < 1.29 is 4.79 Å². The molecule has 5 nitrogen and oxygen atoms in total. The third-order valence-electron chi connectivity index (χ3n) is 2.75. The Labute approximate surface area is 119 Å². The van der Waals surface area contributed by atoms with Crippen molar-refractivity contribution in [2.75, 3.05) is 13.1 Å². The van der Waals surface area contributed by atoms with Crippen LogP contribution in [0.4, 0.5) is 0 Å². The van der Waals surface area contributed by atoms with Crippen LogP contribution in [-0.2, 0) is 17.8 Å². The molecule has 0 bridgehead atoms. The van der Waals surface area contributed by atoms with E-state index in [1.807, 2.05) is 6.92 Å². The zero-order valence-corrected chi connectivity index (χ0v) is 12.4. The van der Waals surface area contributed by atoms with Crippen molar-refractivity contribution >= 4 is 17.5 Å². The number of carbonyl (C=O) groups is 1. The zero-order valence-electron chi connectivity index (χ0n) is 11.7. The van der Waals surface area contributed by atoms with Crippen molar-refractivity contribution in [1.29, 1.82) is 0 Å². The fourth-order valence-corrected chi connectivity index (χ4v) is 1.94. The number of H-pyrrole nitrogens is 1. The molecule has 0 aromatic carbocycles. The van der Waals surface area contributed by atoms with Crippen LogP contribution in [0.1, 0.15) is 44.6 Å². The van der Waals surface area contributed by atoms with Gasteiger partial charge in [0.05, 0.1) is 5.69 Å². The predicted octanol–water partition coefficient (Wildman–Crippen LogP) is 2.02. The van der Waals surface area contributed by atoms with E-state index in [-0.39, 0.29) is 5.91 Å². The normalized spacial score (nSPS) is 10.7. The Balaban J connectivity index is 2.28. The number of unbranched alkanes of at least 4 members (excludes halogenated alkanes) is 1. The second kappa shape index (κ2) is 8.93. The maximum Gasteiger partial charge on any atom is 0.221 e. The quantitative estimate of drug-likeness (QED) is 0.608. The first-order valence-electron chi connectivity index (χ1n) is 6.88. The van der Waals surface area contributed by atoms with E-state index >= 15 is 0 Å². The molecule has 1 heterocycles. The lowest BCUT2D eigenvalue weighted by molar-refractivity contribution is -0.120. The van der Waals surface area contributed by atoms with E-state index in [4.69, 9.17) is 11.6 Å². The lowest BCUT2D eigenvalue weighted by Crippen LogP contribution is -2.27. The first-order chi connectivity index (χ1) is 9.17. The van der Waals surface area contributed by atoms with Crippen LogP contribution in [0.15, 0.2) is 0 Å². The molecule has 0 aliphatic carbocycles. The third kappa shape index (κ3) is 6.07. The summed E-state index contributed by atoms with van der Waals surface area (Å²) in [4.78, 5) is 18.8. The first-order valence-corrected chi connectivity index (χ1v) is 7.25. The summed E-state index contributed by atoms with van der Waals surface area (Å²) in [6, 6.07) is 0. The van der Waals surface area contributed by atoms with Gasteiger partial charge in [-0.15, -0.1) is 0 Å². The van der Waals surface area contributed by atoms with Gasteiger partial charge in [0.15, 0.2) is 5.15 Å². The minimum Gasteiger partial charge on any atom is -0.356 e. The van der Waals surface area contributed by atoms with Crippen LogP contribution in [-0.4, -0.2) is 29.0 Å². The molecule has 0 fully saturated rings. The van der Waals surface area contributed by atoms with Crippen molar-refractivity contribution in [3.05, 3.63) is 16.7 Å². The van der Waals surface area contributed by atoms with E-state index < -0.39 is 0 Å². The summed E-state index contributed by atoms with van der Waals surface area (Å²) in [7, 11) is 0.